The highest BCUT2D eigenvalue weighted by Gasteiger charge is 2.55. The van der Waals surface area contributed by atoms with Gasteiger partial charge in [-0.3, -0.25) is 9.36 Å². The summed E-state index contributed by atoms with van der Waals surface area (Å²) in [6.07, 6.45) is 6.92. The molecule has 1 rings (SSSR count). The average Bonchev–Trinajstić information content (AvgIpc) is 3.12. The van der Waals surface area contributed by atoms with Crippen LogP contribution in [0.5, 0.6) is 0 Å². The molecule has 1 aliphatic rings. The van der Waals surface area contributed by atoms with Gasteiger partial charge in [-0.25, -0.2) is 4.79 Å². The first kappa shape index (κ1) is 29.8. The van der Waals surface area contributed by atoms with Crippen LogP contribution in [0, 0.1) is 5.41 Å². The lowest BCUT2D eigenvalue weighted by molar-refractivity contribution is -0.792. The third-order valence-corrected chi connectivity index (χ3v) is 8.71. The van der Waals surface area contributed by atoms with Gasteiger partial charge in [0.25, 0.3) is 0 Å². The molecule has 1 fully saturated rings. The minimum Gasteiger partial charge on any atom is -0.427 e. The fourth-order valence-corrected chi connectivity index (χ4v) is 6.39. The third-order valence-electron chi connectivity index (χ3n) is 6.23. The third kappa shape index (κ3) is 8.80. The number of hydrogen-bond acceptors (Lipinski definition) is 7. The van der Waals surface area contributed by atoms with Crippen molar-refractivity contribution < 1.29 is 37.4 Å². The quantitative estimate of drug-likeness (QED) is 0.105. The monoisotopic (exact) mass is 490 g/mol. The Hall–Kier alpha value is -1.24. The van der Waals surface area contributed by atoms with Gasteiger partial charge in [0.1, 0.15) is 12.2 Å². The van der Waals surface area contributed by atoms with Gasteiger partial charge in [-0.1, -0.05) is 39.0 Å². The van der Waals surface area contributed by atoms with Crippen molar-refractivity contribution >= 4 is 25.3 Å². The highest BCUT2D eigenvalue weighted by Crippen LogP contribution is 2.49. The Morgan fingerprint density at radius 1 is 1.00 bits per heavy atom. The highest BCUT2D eigenvalue weighted by atomic mass is 31.2. The molecule has 0 radical (unpaired) electrons. The molecule has 0 aromatic carbocycles. The van der Waals surface area contributed by atoms with Crippen LogP contribution in [0.25, 0.3) is 0 Å². The molecule has 8 nitrogen and oxygen atoms in total. The Bertz CT molecular complexity index is 703. The number of hydrogen-bond donors (Lipinski definition) is 0. The molecule has 1 aliphatic heterocycles. The van der Waals surface area contributed by atoms with Gasteiger partial charge >= 0.3 is 18.0 Å². The minimum atomic E-state index is -3.21. The largest absolute Gasteiger partial charge is 0.526 e. The van der Waals surface area contributed by atoms with Gasteiger partial charge in [0.05, 0.1) is 18.6 Å². The first-order chi connectivity index (χ1) is 15.4. The lowest BCUT2D eigenvalue weighted by atomic mass is 9.98. The number of unbranched alkanes of at least 4 members (excludes halogenated alkanes) is 5. The number of carbonyl (C=O) groups is 3. The van der Waals surface area contributed by atoms with Crippen LogP contribution in [0.3, 0.4) is 0 Å². The van der Waals surface area contributed by atoms with E-state index in [1.165, 1.54) is 6.42 Å². The molecule has 0 bridgehead atoms. The van der Waals surface area contributed by atoms with Crippen molar-refractivity contribution in [1.82, 2.24) is 0 Å². The molecule has 9 heteroatoms. The van der Waals surface area contributed by atoms with Crippen molar-refractivity contribution in [3.8, 4) is 0 Å². The van der Waals surface area contributed by atoms with Crippen molar-refractivity contribution in [1.29, 1.82) is 0 Å². The molecule has 2 amide bonds. The summed E-state index contributed by atoms with van der Waals surface area (Å²) in [6, 6.07) is -0.299. The summed E-state index contributed by atoms with van der Waals surface area (Å²) < 4.78 is 28.8. The van der Waals surface area contributed by atoms with E-state index in [0.717, 1.165) is 32.1 Å². The van der Waals surface area contributed by atoms with Gasteiger partial charge in [0.2, 0.25) is 14.2 Å². The number of amides is 2. The molecule has 0 saturated carbocycles. The van der Waals surface area contributed by atoms with Gasteiger partial charge in [-0.05, 0) is 41.0 Å². The van der Waals surface area contributed by atoms with Crippen molar-refractivity contribution in [2.24, 2.45) is 5.41 Å². The summed E-state index contributed by atoms with van der Waals surface area (Å²) in [5.41, 5.74) is -0.726. The Kier molecular flexibility index (Phi) is 12.3. The van der Waals surface area contributed by atoms with Crippen LogP contribution in [0.1, 0.15) is 92.9 Å². The molecule has 1 heterocycles. The van der Waals surface area contributed by atoms with Crippen LogP contribution in [0.15, 0.2) is 0 Å². The molecule has 0 N–H and O–H groups in total. The average molecular weight is 491 g/mol. The zero-order chi connectivity index (χ0) is 25.1. The predicted molar refractivity (Wildman–Crippen MR) is 128 cm³/mol. The minimum absolute atomic E-state index is 0.253. The second kappa shape index (κ2) is 13.6. The SMILES string of the molecule is CCCCCCCCP(=O)(CC(=O)[N+]1(C(=O)OCOC(=O)C(C)(C)C)CCC[C@H]1C)OCC. The highest BCUT2D eigenvalue weighted by molar-refractivity contribution is 7.59. The number of nitrogens with zero attached hydrogens (tertiary/aromatic N) is 1. The Morgan fingerprint density at radius 2 is 1.64 bits per heavy atom. The number of imide groups is 1. The number of rotatable bonds is 13. The molecular weight excluding hydrogens is 445 g/mol. The summed E-state index contributed by atoms with van der Waals surface area (Å²) >= 11 is 0. The maximum absolute atomic E-state index is 13.5. The molecule has 0 aromatic rings. The second-order valence-electron chi connectivity index (χ2n) is 10.1. The fourth-order valence-electron chi connectivity index (χ4n) is 4.18. The van der Waals surface area contributed by atoms with Crippen LogP contribution >= 0.6 is 7.37 Å². The number of likely N-dealkylation sites (tertiary alicyclic amines) is 1. The topological polar surface area (TPSA) is 96.0 Å². The lowest BCUT2D eigenvalue weighted by Crippen LogP contribution is -2.60. The maximum Gasteiger partial charge on any atom is 0.526 e. The normalized spacial score (nSPS) is 22.5. The Balaban J connectivity index is 2.84. The number of ether oxygens (including phenoxy) is 2. The molecule has 33 heavy (non-hydrogen) atoms. The Morgan fingerprint density at radius 3 is 2.18 bits per heavy atom. The van der Waals surface area contributed by atoms with E-state index < -0.39 is 42.0 Å². The van der Waals surface area contributed by atoms with E-state index in [4.69, 9.17) is 14.0 Å². The van der Waals surface area contributed by atoms with Gasteiger partial charge < -0.3 is 14.0 Å². The van der Waals surface area contributed by atoms with Gasteiger partial charge in [-0.2, -0.15) is 9.28 Å². The predicted octanol–water partition coefficient (Wildman–Crippen LogP) is 5.87. The standard InChI is InChI=1S/C24H45NO7P/c1-7-9-10-11-12-13-17-33(29,32-8-2)18-21(26)25(16-14-15-20(25)3)23(28)31-19-30-22(27)24(4,5)6/h20H,7-19H2,1-6H3/q+1/t20-,25?,33?/m1/s1. The molecule has 1 saturated heterocycles. The summed E-state index contributed by atoms with van der Waals surface area (Å²) in [6.45, 7) is 10.8. The van der Waals surface area contributed by atoms with Gasteiger partial charge in [-0.15, -0.1) is 0 Å². The molecule has 0 spiro atoms. The van der Waals surface area contributed by atoms with Crippen molar-refractivity contribution in [2.75, 3.05) is 32.3 Å². The second-order valence-corrected chi connectivity index (χ2v) is 12.7. The van der Waals surface area contributed by atoms with E-state index in [-0.39, 0.29) is 25.4 Å². The van der Waals surface area contributed by atoms with E-state index in [0.29, 0.717) is 19.0 Å². The number of carbonyl (C=O) groups excluding carboxylic acids is 3. The smallest absolute Gasteiger partial charge is 0.427 e. The van der Waals surface area contributed by atoms with Gasteiger partial charge in [0, 0.05) is 19.0 Å². The molecule has 0 aliphatic carbocycles. The fraction of sp³-hybridized carbons (Fsp3) is 0.875. The van der Waals surface area contributed by atoms with E-state index in [9.17, 15) is 18.9 Å². The zero-order valence-corrected chi connectivity index (χ0v) is 22.4. The number of quaternary nitrogens is 1. The number of esters is 1. The Labute approximate surface area is 199 Å². The van der Waals surface area contributed by atoms with E-state index >= 15 is 0 Å². The first-order valence-corrected chi connectivity index (χ1v) is 14.4. The summed E-state index contributed by atoms with van der Waals surface area (Å²) in [5.74, 6) is -0.933. The van der Waals surface area contributed by atoms with Crippen molar-refractivity contribution in [3.63, 3.8) is 0 Å². The lowest BCUT2D eigenvalue weighted by Gasteiger charge is -2.32. The van der Waals surface area contributed by atoms with Crippen LogP contribution in [0.4, 0.5) is 4.79 Å². The van der Waals surface area contributed by atoms with E-state index in [1.807, 2.05) is 6.92 Å². The zero-order valence-electron chi connectivity index (χ0n) is 21.5. The van der Waals surface area contributed by atoms with E-state index in [1.54, 1.807) is 27.7 Å². The van der Waals surface area contributed by atoms with E-state index in [2.05, 4.69) is 6.92 Å². The molecule has 0 aromatic heterocycles. The van der Waals surface area contributed by atoms with Crippen molar-refractivity contribution in [3.05, 3.63) is 0 Å². The molecular formula is C24H45NO7P+. The van der Waals surface area contributed by atoms with Crippen LogP contribution in [-0.4, -0.2) is 60.8 Å². The molecule has 2 unspecified atom stereocenters. The van der Waals surface area contributed by atoms with Crippen molar-refractivity contribution in [2.45, 2.75) is 99.0 Å². The van der Waals surface area contributed by atoms with Gasteiger partial charge in [0.15, 0.2) is 0 Å². The maximum atomic E-state index is 13.5. The molecule has 3 atom stereocenters. The van der Waals surface area contributed by atoms with Crippen LogP contribution < -0.4 is 0 Å². The summed E-state index contributed by atoms with van der Waals surface area (Å²) in [7, 11) is -3.21. The molecule has 192 valence electrons. The van der Waals surface area contributed by atoms with Crippen LogP contribution in [0.2, 0.25) is 0 Å². The summed E-state index contributed by atoms with van der Waals surface area (Å²) in [5, 5.41) is 0. The first-order valence-electron chi connectivity index (χ1n) is 12.4. The summed E-state index contributed by atoms with van der Waals surface area (Å²) in [4.78, 5) is 38.5. The van der Waals surface area contributed by atoms with Crippen LogP contribution in [-0.2, 0) is 28.2 Å².